The summed E-state index contributed by atoms with van der Waals surface area (Å²) in [4.78, 5) is 0. The third kappa shape index (κ3) is 2.07. The van der Waals surface area contributed by atoms with Crippen molar-refractivity contribution in [3.8, 4) is 11.4 Å². The summed E-state index contributed by atoms with van der Waals surface area (Å²) in [5.41, 5.74) is 2.48. The summed E-state index contributed by atoms with van der Waals surface area (Å²) < 4.78 is 3.74. The van der Waals surface area contributed by atoms with Crippen molar-refractivity contribution in [2.45, 2.75) is 45.4 Å². The van der Waals surface area contributed by atoms with Gasteiger partial charge in [0.15, 0.2) is 0 Å². The van der Waals surface area contributed by atoms with E-state index in [1.807, 2.05) is 15.4 Å². The van der Waals surface area contributed by atoms with E-state index in [1.54, 1.807) is 6.20 Å². The van der Waals surface area contributed by atoms with Gasteiger partial charge >= 0.3 is 0 Å². The number of aromatic nitrogens is 4. The van der Waals surface area contributed by atoms with Crippen molar-refractivity contribution in [3.05, 3.63) is 23.0 Å². The SMILES string of the molecule is CC(C)n1ncc(Cl)c1-c1cc2n(n1)CCCC2O. The molecule has 1 N–H and O–H groups in total. The Kier molecular flexibility index (Phi) is 3.11. The Labute approximate surface area is 116 Å². The number of nitrogens with zero attached hydrogens (tertiary/aromatic N) is 4. The molecule has 3 rings (SSSR count). The van der Waals surface area contributed by atoms with E-state index in [4.69, 9.17) is 11.6 Å². The van der Waals surface area contributed by atoms with Gasteiger partial charge in [-0.15, -0.1) is 0 Å². The van der Waals surface area contributed by atoms with E-state index in [-0.39, 0.29) is 6.04 Å². The first kappa shape index (κ1) is 12.7. The number of aryl methyl sites for hydroxylation is 1. The third-order valence-electron chi connectivity index (χ3n) is 3.48. The predicted octanol–water partition coefficient (Wildman–Crippen LogP) is 2.81. The Bertz CT molecular complexity index is 602. The highest BCUT2D eigenvalue weighted by atomic mass is 35.5. The molecule has 0 amide bonds. The van der Waals surface area contributed by atoms with Gasteiger partial charge in [0, 0.05) is 12.6 Å². The first-order valence-electron chi connectivity index (χ1n) is 6.57. The quantitative estimate of drug-likeness (QED) is 0.920. The number of halogens is 1. The molecule has 1 unspecified atom stereocenters. The Morgan fingerprint density at radius 2 is 2.26 bits per heavy atom. The molecule has 6 heteroatoms. The van der Waals surface area contributed by atoms with Gasteiger partial charge in [-0.25, -0.2) is 0 Å². The van der Waals surface area contributed by atoms with Crippen LogP contribution in [0, 0.1) is 0 Å². The molecule has 2 aromatic heterocycles. The minimum absolute atomic E-state index is 0.214. The molecule has 0 bridgehead atoms. The minimum Gasteiger partial charge on any atom is -0.387 e. The lowest BCUT2D eigenvalue weighted by molar-refractivity contribution is 0.135. The summed E-state index contributed by atoms with van der Waals surface area (Å²) in [5.74, 6) is 0. The normalized spacial score (nSPS) is 18.9. The van der Waals surface area contributed by atoms with Crippen molar-refractivity contribution < 1.29 is 5.11 Å². The number of hydrogen-bond acceptors (Lipinski definition) is 3. The topological polar surface area (TPSA) is 55.9 Å². The van der Waals surface area contributed by atoms with Crippen LogP contribution in [0.15, 0.2) is 12.3 Å². The molecule has 0 spiro atoms. The van der Waals surface area contributed by atoms with Gasteiger partial charge in [0.2, 0.25) is 0 Å². The van der Waals surface area contributed by atoms with Gasteiger partial charge < -0.3 is 5.11 Å². The Balaban J connectivity index is 2.10. The van der Waals surface area contributed by atoms with Crippen LogP contribution >= 0.6 is 11.6 Å². The van der Waals surface area contributed by atoms with Crippen LogP contribution in [0.4, 0.5) is 0 Å². The molecule has 1 aliphatic heterocycles. The zero-order valence-electron chi connectivity index (χ0n) is 11.0. The van der Waals surface area contributed by atoms with E-state index in [2.05, 4.69) is 24.0 Å². The molecular formula is C13H17ClN4O. The van der Waals surface area contributed by atoms with E-state index >= 15 is 0 Å². The molecule has 0 fully saturated rings. The van der Waals surface area contributed by atoms with Crippen molar-refractivity contribution in [1.82, 2.24) is 19.6 Å². The van der Waals surface area contributed by atoms with Crippen molar-refractivity contribution in [2.75, 3.05) is 0 Å². The third-order valence-corrected chi connectivity index (χ3v) is 3.76. The van der Waals surface area contributed by atoms with Crippen molar-refractivity contribution >= 4 is 11.6 Å². The zero-order chi connectivity index (χ0) is 13.6. The van der Waals surface area contributed by atoms with Crippen LogP contribution in [0.25, 0.3) is 11.4 Å². The molecule has 3 heterocycles. The second kappa shape index (κ2) is 4.65. The second-order valence-electron chi connectivity index (χ2n) is 5.22. The molecular weight excluding hydrogens is 264 g/mol. The van der Waals surface area contributed by atoms with Gasteiger partial charge in [0.1, 0.15) is 11.4 Å². The van der Waals surface area contributed by atoms with Gasteiger partial charge in [-0.3, -0.25) is 9.36 Å². The lowest BCUT2D eigenvalue weighted by Gasteiger charge is -2.18. The molecule has 1 aliphatic rings. The summed E-state index contributed by atoms with van der Waals surface area (Å²) >= 11 is 6.23. The molecule has 102 valence electrons. The fraction of sp³-hybridized carbons (Fsp3) is 0.538. The lowest BCUT2D eigenvalue weighted by atomic mass is 10.1. The van der Waals surface area contributed by atoms with Crippen LogP contribution < -0.4 is 0 Å². The molecule has 0 radical (unpaired) electrons. The number of fused-ring (bicyclic) bond motifs is 1. The Hall–Kier alpha value is -1.33. The maximum absolute atomic E-state index is 10.0. The van der Waals surface area contributed by atoms with Crippen LogP contribution in [0.3, 0.4) is 0 Å². The summed E-state index contributed by atoms with van der Waals surface area (Å²) in [6.45, 7) is 4.95. The Morgan fingerprint density at radius 3 is 2.95 bits per heavy atom. The van der Waals surface area contributed by atoms with E-state index in [9.17, 15) is 5.11 Å². The van der Waals surface area contributed by atoms with E-state index in [1.165, 1.54) is 0 Å². The summed E-state index contributed by atoms with van der Waals surface area (Å²) in [6.07, 6.45) is 2.96. The largest absolute Gasteiger partial charge is 0.387 e. The smallest absolute Gasteiger partial charge is 0.112 e. The molecule has 19 heavy (non-hydrogen) atoms. The van der Waals surface area contributed by atoms with E-state index in [0.717, 1.165) is 36.5 Å². The first-order chi connectivity index (χ1) is 9.08. The maximum atomic E-state index is 10.0. The van der Waals surface area contributed by atoms with Crippen molar-refractivity contribution in [1.29, 1.82) is 0 Å². The van der Waals surface area contributed by atoms with Crippen LogP contribution in [0.1, 0.15) is 44.5 Å². The van der Waals surface area contributed by atoms with Gasteiger partial charge in [0.05, 0.1) is 23.0 Å². The maximum Gasteiger partial charge on any atom is 0.112 e. The monoisotopic (exact) mass is 280 g/mol. The number of aliphatic hydroxyl groups excluding tert-OH is 1. The molecule has 2 aromatic rings. The summed E-state index contributed by atoms with van der Waals surface area (Å²) in [7, 11) is 0. The van der Waals surface area contributed by atoms with Gasteiger partial charge in [-0.2, -0.15) is 10.2 Å². The molecule has 0 saturated carbocycles. The molecule has 0 aliphatic carbocycles. The van der Waals surface area contributed by atoms with Crippen LogP contribution in [-0.4, -0.2) is 24.7 Å². The predicted molar refractivity (Wildman–Crippen MR) is 73.0 cm³/mol. The first-order valence-corrected chi connectivity index (χ1v) is 6.95. The molecule has 0 saturated heterocycles. The number of aliphatic hydroxyl groups is 1. The van der Waals surface area contributed by atoms with Crippen molar-refractivity contribution in [2.24, 2.45) is 0 Å². The standard InChI is InChI=1S/C13H17ClN4O/c1-8(2)18-13(9(14)7-15-18)10-6-11-12(19)4-3-5-17(11)16-10/h6-8,12,19H,3-5H2,1-2H3. The van der Waals surface area contributed by atoms with Crippen LogP contribution in [0.2, 0.25) is 5.02 Å². The van der Waals surface area contributed by atoms with Crippen LogP contribution in [-0.2, 0) is 6.54 Å². The highest BCUT2D eigenvalue weighted by Gasteiger charge is 2.23. The lowest BCUT2D eigenvalue weighted by Crippen LogP contribution is -2.15. The average Bonchev–Trinajstić information content (AvgIpc) is 2.92. The minimum atomic E-state index is -0.427. The molecule has 0 aromatic carbocycles. The zero-order valence-corrected chi connectivity index (χ0v) is 11.8. The second-order valence-corrected chi connectivity index (χ2v) is 5.62. The molecule has 1 atom stereocenters. The number of rotatable bonds is 2. The van der Waals surface area contributed by atoms with E-state index < -0.39 is 6.10 Å². The average molecular weight is 281 g/mol. The fourth-order valence-corrected chi connectivity index (χ4v) is 2.78. The summed E-state index contributed by atoms with van der Waals surface area (Å²) in [6, 6.07) is 2.14. The Morgan fingerprint density at radius 1 is 1.47 bits per heavy atom. The summed E-state index contributed by atoms with van der Waals surface area (Å²) in [5, 5.41) is 19.4. The van der Waals surface area contributed by atoms with Crippen LogP contribution in [0.5, 0.6) is 0 Å². The molecule has 5 nitrogen and oxygen atoms in total. The van der Waals surface area contributed by atoms with Crippen molar-refractivity contribution in [3.63, 3.8) is 0 Å². The van der Waals surface area contributed by atoms with Gasteiger partial charge in [-0.1, -0.05) is 11.6 Å². The highest BCUT2D eigenvalue weighted by Crippen LogP contribution is 2.33. The van der Waals surface area contributed by atoms with E-state index in [0.29, 0.717) is 5.02 Å². The van der Waals surface area contributed by atoms with Gasteiger partial charge in [0.25, 0.3) is 0 Å². The highest BCUT2D eigenvalue weighted by molar-refractivity contribution is 6.32. The van der Waals surface area contributed by atoms with Gasteiger partial charge in [-0.05, 0) is 32.8 Å². The number of hydrogen-bond donors (Lipinski definition) is 1. The fourth-order valence-electron chi connectivity index (χ4n) is 2.55.